The quantitative estimate of drug-likeness (QED) is 0.503. The van der Waals surface area contributed by atoms with Gasteiger partial charge in [-0.3, -0.25) is 0 Å². The standard InChI is InChI=1S/C21H18Cl2N2O2/c22-16-7-5-14(6-8-16)18-13-17(9-10-19(18)23)24-21(27)25-20-4-2-1-3-15(20)11-12-26/h1-10,13,26H,11-12H2,(H2,24,25,27). The molecule has 2 amide bonds. The topological polar surface area (TPSA) is 61.4 Å². The zero-order valence-electron chi connectivity index (χ0n) is 14.4. The predicted octanol–water partition coefficient (Wildman–Crippen LogP) is 5.84. The molecule has 0 saturated carbocycles. The number of aliphatic hydroxyl groups is 1. The third-order valence-corrected chi connectivity index (χ3v) is 4.61. The molecule has 0 heterocycles. The molecule has 4 nitrogen and oxygen atoms in total. The van der Waals surface area contributed by atoms with Crippen molar-refractivity contribution in [1.82, 2.24) is 0 Å². The number of nitrogens with one attached hydrogen (secondary N) is 2. The van der Waals surface area contributed by atoms with E-state index in [0.29, 0.717) is 27.8 Å². The lowest BCUT2D eigenvalue weighted by Crippen LogP contribution is -2.20. The number of benzene rings is 3. The van der Waals surface area contributed by atoms with Crippen molar-refractivity contribution in [3.63, 3.8) is 0 Å². The molecular formula is C21H18Cl2N2O2. The van der Waals surface area contributed by atoms with Crippen molar-refractivity contribution >= 4 is 40.6 Å². The number of hydrogen-bond donors (Lipinski definition) is 3. The monoisotopic (exact) mass is 400 g/mol. The lowest BCUT2D eigenvalue weighted by atomic mass is 10.1. The van der Waals surface area contributed by atoms with E-state index in [-0.39, 0.29) is 12.6 Å². The van der Waals surface area contributed by atoms with Crippen molar-refractivity contribution in [3.05, 3.63) is 82.3 Å². The summed E-state index contributed by atoms with van der Waals surface area (Å²) < 4.78 is 0. The van der Waals surface area contributed by atoms with Crippen molar-refractivity contribution in [2.75, 3.05) is 17.2 Å². The number of anilines is 2. The first kappa shape index (κ1) is 19.2. The maximum Gasteiger partial charge on any atom is 0.323 e. The normalized spacial score (nSPS) is 10.5. The Morgan fingerprint density at radius 2 is 1.67 bits per heavy atom. The summed E-state index contributed by atoms with van der Waals surface area (Å²) in [6, 6.07) is 19.6. The maximum atomic E-state index is 12.4. The van der Waals surface area contributed by atoms with Gasteiger partial charge in [-0.2, -0.15) is 0 Å². The average Bonchev–Trinajstić information content (AvgIpc) is 2.66. The number of urea groups is 1. The van der Waals surface area contributed by atoms with Crippen molar-refractivity contribution in [3.8, 4) is 11.1 Å². The molecule has 0 aliphatic carbocycles. The first-order valence-corrected chi connectivity index (χ1v) is 9.14. The molecule has 0 aliphatic rings. The molecule has 0 radical (unpaired) electrons. The molecule has 0 aliphatic heterocycles. The summed E-state index contributed by atoms with van der Waals surface area (Å²) in [6.07, 6.45) is 0.470. The molecule has 0 unspecified atom stereocenters. The van der Waals surface area contributed by atoms with E-state index in [9.17, 15) is 4.79 Å². The van der Waals surface area contributed by atoms with E-state index in [1.54, 1.807) is 30.3 Å². The molecule has 0 bridgehead atoms. The predicted molar refractivity (Wildman–Crippen MR) is 112 cm³/mol. The lowest BCUT2D eigenvalue weighted by molar-refractivity contribution is 0.262. The minimum atomic E-state index is -0.371. The number of hydrogen-bond acceptors (Lipinski definition) is 2. The van der Waals surface area contributed by atoms with Crippen molar-refractivity contribution in [1.29, 1.82) is 0 Å². The third kappa shape index (κ3) is 5.01. The van der Waals surface area contributed by atoms with Gasteiger partial charge in [0, 0.05) is 33.6 Å². The Morgan fingerprint density at radius 3 is 2.41 bits per heavy atom. The van der Waals surface area contributed by atoms with Crippen molar-refractivity contribution < 1.29 is 9.90 Å². The Kier molecular flexibility index (Phi) is 6.35. The number of rotatable bonds is 5. The van der Waals surface area contributed by atoms with Gasteiger partial charge in [-0.05, 0) is 53.9 Å². The van der Waals surface area contributed by atoms with Crippen molar-refractivity contribution in [2.45, 2.75) is 6.42 Å². The third-order valence-electron chi connectivity index (χ3n) is 4.03. The highest BCUT2D eigenvalue weighted by Crippen LogP contribution is 2.31. The number of carbonyl (C=O) groups excluding carboxylic acids is 1. The van der Waals surface area contributed by atoms with E-state index in [1.165, 1.54) is 0 Å². The van der Waals surface area contributed by atoms with Crippen LogP contribution in [0.4, 0.5) is 16.2 Å². The zero-order valence-corrected chi connectivity index (χ0v) is 15.9. The zero-order chi connectivity index (χ0) is 19.2. The summed E-state index contributed by atoms with van der Waals surface area (Å²) in [4.78, 5) is 12.4. The Morgan fingerprint density at radius 1 is 0.926 bits per heavy atom. The minimum Gasteiger partial charge on any atom is -0.396 e. The van der Waals surface area contributed by atoms with Crippen LogP contribution in [-0.4, -0.2) is 17.7 Å². The Balaban J connectivity index is 1.77. The van der Waals surface area contributed by atoms with Gasteiger partial charge >= 0.3 is 6.03 Å². The number of halogens is 2. The van der Waals surface area contributed by atoms with E-state index in [4.69, 9.17) is 28.3 Å². The van der Waals surface area contributed by atoms with Crippen LogP contribution in [0.15, 0.2) is 66.7 Å². The summed E-state index contributed by atoms with van der Waals surface area (Å²) in [5.74, 6) is 0. The Bertz CT molecular complexity index is 943. The van der Waals surface area contributed by atoms with Crippen LogP contribution in [0.2, 0.25) is 10.0 Å². The molecule has 0 aromatic heterocycles. The fourth-order valence-corrected chi connectivity index (χ4v) is 3.07. The molecule has 6 heteroatoms. The van der Waals surface area contributed by atoms with Gasteiger partial charge in [0.15, 0.2) is 0 Å². The van der Waals surface area contributed by atoms with Crippen molar-refractivity contribution in [2.24, 2.45) is 0 Å². The van der Waals surface area contributed by atoms with Crippen LogP contribution in [0.25, 0.3) is 11.1 Å². The van der Waals surface area contributed by atoms with Crippen LogP contribution in [0.5, 0.6) is 0 Å². The SMILES string of the molecule is O=C(Nc1ccc(Cl)c(-c2ccc(Cl)cc2)c1)Nc1ccccc1CCO. The Hall–Kier alpha value is -2.53. The fraction of sp³-hybridized carbons (Fsp3) is 0.0952. The van der Waals surface area contributed by atoms with Gasteiger partial charge in [0.1, 0.15) is 0 Å². The van der Waals surface area contributed by atoms with Crippen LogP contribution in [-0.2, 0) is 6.42 Å². The van der Waals surface area contributed by atoms with Gasteiger partial charge in [0.2, 0.25) is 0 Å². The van der Waals surface area contributed by atoms with E-state index in [1.807, 2.05) is 36.4 Å². The van der Waals surface area contributed by atoms with Gasteiger partial charge in [-0.25, -0.2) is 4.79 Å². The number of para-hydroxylation sites is 1. The molecule has 0 spiro atoms. The number of aliphatic hydroxyl groups excluding tert-OH is 1. The summed E-state index contributed by atoms with van der Waals surface area (Å²) in [5, 5.41) is 16.0. The van der Waals surface area contributed by atoms with Crippen LogP contribution < -0.4 is 10.6 Å². The smallest absolute Gasteiger partial charge is 0.323 e. The Labute approximate surface area is 167 Å². The minimum absolute atomic E-state index is 0.0158. The van der Waals surface area contributed by atoms with Gasteiger partial charge in [-0.1, -0.05) is 53.5 Å². The molecule has 3 rings (SSSR count). The van der Waals surface area contributed by atoms with Gasteiger partial charge in [0.25, 0.3) is 0 Å². The van der Waals surface area contributed by atoms with E-state index >= 15 is 0 Å². The largest absolute Gasteiger partial charge is 0.396 e. The first-order chi connectivity index (χ1) is 13.1. The van der Waals surface area contributed by atoms with Crippen LogP contribution >= 0.6 is 23.2 Å². The molecule has 27 heavy (non-hydrogen) atoms. The summed E-state index contributed by atoms with van der Waals surface area (Å²) in [7, 11) is 0. The molecule has 138 valence electrons. The molecule has 0 fully saturated rings. The summed E-state index contributed by atoms with van der Waals surface area (Å²) in [6.45, 7) is 0.0158. The van der Waals surface area contributed by atoms with Crippen LogP contribution in [0.3, 0.4) is 0 Å². The molecule has 3 N–H and O–H groups in total. The average molecular weight is 401 g/mol. The molecule has 3 aromatic carbocycles. The highest BCUT2D eigenvalue weighted by Gasteiger charge is 2.09. The molecule has 0 saturated heterocycles. The van der Waals surface area contributed by atoms with Gasteiger partial charge in [-0.15, -0.1) is 0 Å². The second-order valence-corrected chi connectivity index (χ2v) is 6.76. The van der Waals surface area contributed by atoms with Crippen LogP contribution in [0.1, 0.15) is 5.56 Å². The molecule has 0 atom stereocenters. The number of amides is 2. The highest BCUT2D eigenvalue weighted by molar-refractivity contribution is 6.33. The van der Waals surface area contributed by atoms with E-state index in [2.05, 4.69) is 10.6 Å². The van der Waals surface area contributed by atoms with Crippen LogP contribution in [0, 0.1) is 0 Å². The summed E-state index contributed by atoms with van der Waals surface area (Å²) in [5.41, 5.74) is 3.85. The molecular weight excluding hydrogens is 383 g/mol. The van der Waals surface area contributed by atoms with Gasteiger partial charge in [0.05, 0.1) is 0 Å². The summed E-state index contributed by atoms with van der Waals surface area (Å²) >= 11 is 12.2. The highest BCUT2D eigenvalue weighted by atomic mass is 35.5. The maximum absolute atomic E-state index is 12.4. The van der Waals surface area contributed by atoms with Gasteiger partial charge < -0.3 is 15.7 Å². The van der Waals surface area contributed by atoms with E-state index < -0.39 is 0 Å². The fourth-order valence-electron chi connectivity index (χ4n) is 2.72. The second kappa shape index (κ2) is 8.91. The molecule has 3 aromatic rings. The lowest BCUT2D eigenvalue weighted by Gasteiger charge is -2.13. The van der Waals surface area contributed by atoms with E-state index in [0.717, 1.165) is 16.7 Å². The first-order valence-electron chi connectivity index (χ1n) is 8.39. The second-order valence-electron chi connectivity index (χ2n) is 5.91. The number of carbonyl (C=O) groups is 1.